The molecule has 0 radical (unpaired) electrons. The predicted octanol–water partition coefficient (Wildman–Crippen LogP) is 1.75. The molecule has 78 valence electrons. The van der Waals surface area contributed by atoms with Crippen LogP contribution in [0.15, 0.2) is 0 Å². The fourth-order valence-corrected chi connectivity index (χ4v) is 1.67. The maximum absolute atomic E-state index is 12.6. The lowest BCUT2D eigenvalue weighted by atomic mass is 10.2. The highest BCUT2D eigenvalue weighted by molar-refractivity contribution is 4.78. The lowest BCUT2D eigenvalue weighted by Crippen LogP contribution is -2.46. The van der Waals surface area contributed by atoms with Crippen molar-refractivity contribution in [3.63, 3.8) is 0 Å². The summed E-state index contributed by atoms with van der Waals surface area (Å²) in [6.45, 7) is 5.37. The molecule has 1 rings (SSSR count). The van der Waals surface area contributed by atoms with Gasteiger partial charge in [-0.3, -0.25) is 4.90 Å². The first-order chi connectivity index (χ1) is 6.13. The molecule has 0 bridgehead atoms. The van der Waals surface area contributed by atoms with Crippen LogP contribution in [0.4, 0.5) is 8.78 Å². The first-order valence-corrected chi connectivity index (χ1v) is 4.74. The third kappa shape index (κ3) is 2.88. The van der Waals surface area contributed by atoms with Crippen molar-refractivity contribution in [1.29, 1.82) is 0 Å². The van der Waals surface area contributed by atoms with Gasteiger partial charge in [0.15, 0.2) is 0 Å². The van der Waals surface area contributed by atoms with E-state index in [4.69, 9.17) is 4.74 Å². The Kier molecular flexibility index (Phi) is 4.06. The van der Waals surface area contributed by atoms with E-state index in [0.717, 1.165) is 6.42 Å². The molecule has 0 aromatic heterocycles. The number of nitrogens with zero attached hydrogens (tertiary/aromatic N) is 1. The van der Waals surface area contributed by atoms with Gasteiger partial charge in [-0.1, -0.05) is 0 Å². The molecule has 0 aliphatic carbocycles. The SMILES string of the molecule is CC(C)N1CCCOCC1C(F)F. The van der Waals surface area contributed by atoms with E-state index in [1.165, 1.54) is 0 Å². The fraction of sp³-hybridized carbons (Fsp3) is 1.00. The van der Waals surface area contributed by atoms with Crippen LogP contribution in [-0.4, -0.2) is 43.2 Å². The first-order valence-electron chi connectivity index (χ1n) is 4.74. The number of hydrogen-bond donors (Lipinski definition) is 0. The molecule has 0 N–H and O–H groups in total. The summed E-state index contributed by atoms with van der Waals surface area (Å²) in [5.41, 5.74) is 0. The molecule has 1 fully saturated rings. The molecule has 0 saturated carbocycles. The van der Waals surface area contributed by atoms with Gasteiger partial charge in [0, 0.05) is 19.2 Å². The molecule has 0 aromatic carbocycles. The van der Waals surface area contributed by atoms with Crippen LogP contribution in [0, 0.1) is 0 Å². The van der Waals surface area contributed by atoms with Gasteiger partial charge in [-0.05, 0) is 20.3 Å². The molecule has 2 nitrogen and oxygen atoms in total. The lowest BCUT2D eigenvalue weighted by molar-refractivity contribution is -0.0164. The summed E-state index contributed by atoms with van der Waals surface area (Å²) in [5, 5.41) is 0. The highest BCUT2D eigenvalue weighted by Crippen LogP contribution is 2.17. The molecule has 0 amide bonds. The van der Waals surface area contributed by atoms with Crippen molar-refractivity contribution in [1.82, 2.24) is 4.90 Å². The Hall–Kier alpha value is -0.220. The Labute approximate surface area is 77.9 Å². The van der Waals surface area contributed by atoms with E-state index in [9.17, 15) is 8.78 Å². The van der Waals surface area contributed by atoms with Crippen molar-refractivity contribution in [2.45, 2.75) is 38.8 Å². The van der Waals surface area contributed by atoms with Gasteiger partial charge in [0.25, 0.3) is 6.43 Å². The molecule has 0 spiro atoms. The molecule has 1 heterocycles. The molecular formula is C9H17F2NO. The predicted molar refractivity (Wildman–Crippen MR) is 47.1 cm³/mol. The second-order valence-electron chi connectivity index (χ2n) is 3.66. The minimum Gasteiger partial charge on any atom is -0.380 e. The second-order valence-corrected chi connectivity index (χ2v) is 3.66. The van der Waals surface area contributed by atoms with Gasteiger partial charge < -0.3 is 4.74 Å². The number of halogens is 2. The van der Waals surface area contributed by atoms with E-state index in [2.05, 4.69) is 0 Å². The van der Waals surface area contributed by atoms with Gasteiger partial charge in [0.1, 0.15) is 0 Å². The monoisotopic (exact) mass is 193 g/mol. The Morgan fingerprint density at radius 2 is 2.08 bits per heavy atom. The highest BCUT2D eigenvalue weighted by Gasteiger charge is 2.30. The minimum atomic E-state index is -2.31. The van der Waals surface area contributed by atoms with E-state index in [-0.39, 0.29) is 12.6 Å². The molecule has 0 aromatic rings. The summed E-state index contributed by atoms with van der Waals surface area (Å²) in [4.78, 5) is 1.83. The highest BCUT2D eigenvalue weighted by atomic mass is 19.3. The Balaban J connectivity index is 2.61. The Bertz CT molecular complexity index is 137. The zero-order chi connectivity index (χ0) is 9.84. The summed E-state index contributed by atoms with van der Waals surface area (Å²) in [6.07, 6.45) is -1.46. The zero-order valence-corrected chi connectivity index (χ0v) is 8.17. The van der Waals surface area contributed by atoms with Crippen molar-refractivity contribution < 1.29 is 13.5 Å². The molecule has 1 saturated heterocycles. The molecule has 1 aliphatic heterocycles. The maximum atomic E-state index is 12.6. The van der Waals surface area contributed by atoms with Crippen molar-refractivity contribution >= 4 is 0 Å². The molecule has 13 heavy (non-hydrogen) atoms. The summed E-state index contributed by atoms with van der Waals surface area (Å²) in [5.74, 6) is 0. The average molecular weight is 193 g/mol. The van der Waals surface area contributed by atoms with Crippen LogP contribution >= 0.6 is 0 Å². The van der Waals surface area contributed by atoms with E-state index in [1.54, 1.807) is 0 Å². The third-order valence-electron chi connectivity index (χ3n) is 2.37. The van der Waals surface area contributed by atoms with Crippen molar-refractivity contribution in [2.75, 3.05) is 19.8 Å². The van der Waals surface area contributed by atoms with Crippen LogP contribution in [0.1, 0.15) is 20.3 Å². The summed E-state index contributed by atoms with van der Waals surface area (Å²) in [6, 6.07) is -0.553. The van der Waals surface area contributed by atoms with Crippen LogP contribution < -0.4 is 0 Å². The molecule has 1 atom stereocenters. The molecular weight excluding hydrogens is 176 g/mol. The van der Waals surface area contributed by atoms with Gasteiger partial charge in [-0.15, -0.1) is 0 Å². The molecule has 1 unspecified atom stereocenters. The summed E-state index contributed by atoms with van der Waals surface area (Å²) in [7, 11) is 0. The fourth-order valence-electron chi connectivity index (χ4n) is 1.67. The largest absolute Gasteiger partial charge is 0.380 e. The Morgan fingerprint density at radius 1 is 1.38 bits per heavy atom. The average Bonchev–Trinajstić information content (AvgIpc) is 2.27. The van der Waals surface area contributed by atoms with Crippen LogP contribution in [0.25, 0.3) is 0 Å². The third-order valence-corrected chi connectivity index (χ3v) is 2.37. The minimum absolute atomic E-state index is 0.163. The van der Waals surface area contributed by atoms with Gasteiger partial charge in [-0.25, -0.2) is 8.78 Å². The normalized spacial score (nSPS) is 26.8. The van der Waals surface area contributed by atoms with Crippen molar-refractivity contribution in [3.8, 4) is 0 Å². The van der Waals surface area contributed by atoms with Gasteiger partial charge in [0.05, 0.1) is 12.6 Å². The standard InChI is InChI=1S/C9H17F2NO/c1-7(2)12-4-3-5-13-6-8(12)9(10)11/h7-9H,3-6H2,1-2H3. The van der Waals surface area contributed by atoms with Gasteiger partial charge >= 0.3 is 0 Å². The van der Waals surface area contributed by atoms with E-state index in [1.807, 2.05) is 18.7 Å². The van der Waals surface area contributed by atoms with Gasteiger partial charge in [-0.2, -0.15) is 0 Å². The van der Waals surface area contributed by atoms with E-state index >= 15 is 0 Å². The van der Waals surface area contributed by atoms with E-state index < -0.39 is 12.5 Å². The van der Waals surface area contributed by atoms with E-state index in [0.29, 0.717) is 13.2 Å². The van der Waals surface area contributed by atoms with Crippen LogP contribution in [0.3, 0.4) is 0 Å². The number of alkyl halides is 2. The maximum Gasteiger partial charge on any atom is 0.256 e. The number of rotatable bonds is 2. The van der Waals surface area contributed by atoms with Crippen LogP contribution in [-0.2, 0) is 4.74 Å². The lowest BCUT2D eigenvalue weighted by Gasteiger charge is -2.31. The molecule has 1 aliphatic rings. The van der Waals surface area contributed by atoms with Crippen molar-refractivity contribution in [3.05, 3.63) is 0 Å². The smallest absolute Gasteiger partial charge is 0.256 e. The topological polar surface area (TPSA) is 12.5 Å². The van der Waals surface area contributed by atoms with Crippen LogP contribution in [0.2, 0.25) is 0 Å². The summed E-state index contributed by atoms with van der Waals surface area (Å²) < 4.78 is 30.3. The molecule has 4 heteroatoms. The van der Waals surface area contributed by atoms with Gasteiger partial charge in [0.2, 0.25) is 0 Å². The second kappa shape index (κ2) is 4.86. The quantitative estimate of drug-likeness (QED) is 0.662. The Morgan fingerprint density at radius 3 is 2.62 bits per heavy atom. The van der Waals surface area contributed by atoms with Crippen LogP contribution in [0.5, 0.6) is 0 Å². The zero-order valence-electron chi connectivity index (χ0n) is 8.17. The van der Waals surface area contributed by atoms with Crippen molar-refractivity contribution in [2.24, 2.45) is 0 Å². The number of ether oxygens (including phenoxy) is 1. The summed E-state index contributed by atoms with van der Waals surface area (Å²) >= 11 is 0. The number of hydrogen-bond acceptors (Lipinski definition) is 2. The first kappa shape index (κ1) is 10.9.